The van der Waals surface area contributed by atoms with E-state index in [4.69, 9.17) is 4.42 Å². The van der Waals surface area contributed by atoms with Gasteiger partial charge in [-0.1, -0.05) is 212 Å². The fourth-order valence-corrected chi connectivity index (χ4v) is 13.3. The Hall–Kier alpha value is -9.04. The van der Waals surface area contributed by atoms with E-state index < -0.39 is 5.41 Å². The maximum atomic E-state index is 6.28. The van der Waals surface area contributed by atoms with Crippen molar-refractivity contribution >= 4 is 75.8 Å². The van der Waals surface area contributed by atoms with Crippen LogP contribution in [0.4, 0.5) is 0 Å². The summed E-state index contributed by atoms with van der Waals surface area (Å²) in [5.74, 6) is 0. The van der Waals surface area contributed by atoms with Crippen molar-refractivity contribution in [2.24, 2.45) is 0 Å². The highest BCUT2D eigenvalue weighted by molar-refractivity contribution is 6.25. The Morgan fingerprint density at radius 2 is 0.743 bits per heavy atom. The Kier molecular flexibility index (Phi) is 7.60. The van der Waals surface area contributed by atoms with Crippen LogP contribution >= 0.6 is 0 Å². The molecule has 1 nitrogen and oxygen atoms in total. The van der Waals surface area contributed by atoms with Crippen LogP contribution in [0.3, 0.4) is 0 Å². The van der Waals surface area contributed by atoms with Gasteiger partial charge in [-0.25, -0.2) is 0 Å². The van der Waals surface area contributed by atoms with E-state index in [2.05, 4.69) is 237 Å². The van der Waals surface area contributed by atoms with E-state index in [1.807, 2.05) is 6.07 Å². The second kappa shape index (κ2) is 14.0. The number of benzene rings is 13. The van der Waals surface area contributed by atoms with Gasteiger partial charge < -0.3 is 4.42 Å². The minimum atomic E-state index is -0.488. The highest BCUT2D eigenvalue weighted by atomic mass is 16.3. The molecule has 0 saturated carbocycles. The van der Waals surface area contributed by atoms with Crippen LogP contribution in [0.5, 0.6) is 0 Å². The second-order valence-electron chi connectivity index (χ2n) is 19.3. The average Bonchev–Trinajstić information content (AvgIpc) is 4.06. The first kappa shape index (κ1) is 38.0. The molecule has 16 rings (SSSR count). The summed E-state index contributed by atoms with van der Waals surface area (Å²) in [5.41, 5.74) is 19.4. The monoisotopic (exact) mass is 884 g/mol. The third kappa shape index (κ3) is 4.90. The van der Waals surface area contributed by atoms with Crippen LogP contribution in [0.2, 0.25) is 0 Å². The molecule has 2 aliphatic rings. The third-order valence-electron chi connectivity index (χ3n) is 16.0. The minimum Gasteiger partial charge on any atom is -0.456 e. The molecule has 322 valence electrons. The molecule has 1 heteroatoms. The molecule has 14 aromatic rings. The highest BCUT2D eigenvalue weighted by Crippen LogP contribution is 2.66. The molecule has 70 heavy (non-hydrogen) atoms. The first-order valence-electron chi connectivity index (χ1n) is 24.4. The largest absolute Gasteiger partial charge is 0.456 e. The SMILES string of the molecule is c1cc(-c2ccc3c4c(c5ccccc5c3c2)-c2c(ccc3ccccc23)C42c3ccccc3-c3ccccc32)cc(-c2c3ccccc3c(-c3ccc4oc5ccccc5c4c3)c3ccccc23)c1. The average molecular weight is 885 g/mol. The van der Waals surface area contributed by atoms with E-state index in [1.165, 1.54) is 132 Å². The molecule has 2 aliphatic carbocycles. The van der Waals surface area contributed by atoms with E-state index in [0.717, 1.165) is 21.9 Å². The summed E-state index contributed by atoms with van der Waals surface area (Å²) in [6.45, 7) is 0. The van der Waals surface area contributed by atoms with Gasteiger partial charge in [-0.2, -0.15) is 0 Å². The van der Waals surface area contributed by atoms with Gasteiger partial charge in [-0.15, -0.1) is 0 Å². The Morgan fingerprint density at radius 3 is 1.44 bits per heavy atom. The summed E-state index contributed by atoms with van der Waals surface area (Å²) >= 11 is 0. The minimum absolute atomic E-state index is 0.488. The molecular formula is C69H40O. The van der Waals surface area contributed by atoms with Crippen LogP contribution in [0.15, 0.2) is 247 Å². The summed E-state index contributed by atoms with van der Waals surface area (Å²) in [5, 5.41) is 14.9. The quantitative estimate of drug-likeness (QED) is 0.127. The van der Waals surface area contributed by atoms with Gasteiger partial charge in [-0.3, -0.25) is 0 Å². The molecule has 0 amide bonds. The predicted molar refractivity (Wildman–Crippen MR) is 294 cm³/mol. The van der Waals surface area contributed by atoms with Crippen LogP contribution in [0.1, 0.15) is 22.3 Å². The number of rotatable bonds is 3. The van der Waals surface area contributed by atoms with Crippen LogP contribution in [0, 0.1) is 0 Å². The maximum absolute atomic E-state index is 6.28. The molecule has 0 bridgehead atoms. The van der Waals surface area contributed by atoms with E-state index in [9.17, 15) is 0 Å². The first-order chi connectivity index (χ1) is 34.7. The van der Waals surface area contributed by atoms with Crippen molar-refractivity contribution in [2.75, 3.05) is 0 Å². The summed E-state index contributed by atoms with van der Waals surface area (Å²) in [6.07, 6.45) is 0. The third-order valence-corrected chi connectivity index (χ3v) is 16.0. The number of hydrogen-bond acceptors (Lipinski definition) is 1. The fourth-order valence-electron chi connectivity index (χ4n) is 13.3. The van der Waals surface area contributed by atoms with Crippen LogP contribution in [-0.2, 0) is 5.41 Å². The molecule has 0 saturated heterocycles. The normalized spacial score (nSPS) is 13.3. The van der Waals surface area contributed by atoms with Crippen molar-refractivity contribution in [3.63, 3.8) is 0 Å². The zero-order valence-electron chi connectivity index (χ0n) is 38.0. The van der Waals surface area contributed by atoms with E-state index in [-0.39, 0.29) is 0 Å². The maximum Gasteiger partial charge on any atom is 0.135 e. The van der Waals surface area contributed by atoms with Gasteiger partial charge >= 0.3 is 0 Å². The molecule has 0 atom stereocenters. The zero-order chi connectivity index (χ0) is 45.7. The van der Waals surface area contributed by atoms with E-state index in [1.54, 1.807) is 0 Å². The van der Waals surface area contributed by atoms with Crippen molar-refractivity contribution in [2.45, 2.75) is 5.41 Å². The summed E-state index contributed by atoms with van der Waals surface area (Å²) in [4.78, 5) is 0. The predicted octanol–water partition coefficient (Wildman–Crippen LogP) is 18.7. The van der Waals surface area contributed by atoms with Crippen molar-refractivity contribution in [1.82, 2.24) is 0 Å². The standard InChI is InChI=1S/C69H40O/c1-2-19-46-41(16-1)33-36-61-66(46)67-51-24-4-3-20-47(51)57-39-43(32-35-56(57)68(67)69(61)59-29-12-9-21-48(59)49-22-10-13-30-60(49)69)42-17-15-18-44(38-42)64-52-25-5-7-27-54(52)65(55-28-8-6-26-53(55)64)45-34-37-63-58(40-45)50-23-11-14-31-62(50)70-63/h1-40H. The summed E-state index contributed by atoms with van der Waals surface area (Å²) < 4.78 is 6.28. The summed E-state index contributed by atoms with van der Waals surface area (Å²) in [7, 11) is 0. The molecule has 0 aliphatic heterocycles. The number of fused-ring (bicyclic) bond motifs is 22. The van der Waals surface area contributed by atoms with Crippen LogP contribution < -0.4 is 0 Å². The number of para-hydroxylation sites is 1. The summed E-state index contributed by atoms with van der Waals surface area (Å²) in [6, 6.07) is 90.8. The zero-order valence-corrected chi connectivity index (χ0v) is 38.0. The molecule has 1 spiro atoms. The second-order valence-corrected chi connectivity index (χ2v) is 19.3. The Labute approximate surface area is 404 Å². The molecule has 1 aromatic heterocycles. The van der Waals surface area contributed by atoms with Crippen molar-refractivity contribution < 1.29 is 4.42 Å². The number of furan rings is 1. The lowest BCUT2D eigenvalue weighted by molar-refractivity contribution is 0.669. The molecule has 0 fully saturated rings. The van der Waals surface area contributed by atoms with Gasteiger partial charge in [0.05, 0.1) is 5.41 Å². The van der Waals surface area contributed by atoms with Gasteiger partial charge in [0.15, 0.2) is 0 Å². The Morgan fingerprint density at radius 1 is 0.243 bits per heavy atom. The fraction of sp³-hybridized carbons (Fsp3) is 0.0145. The van der Waals surface area contributed by atoms with Gasteiger partial charge in [0.25, 0.3) is 0 Å². The van der Waals surface area contributed by atoms with E-state index in [0.29, 0.717) is 0 Å². The molecule has 0 radical (unpaired) electrons. The van der Waals surface area contributed by atoms with E-state index >= 15 is 0 Å². The topological polar surface area (TPSA) is 13.1 Å². The van der Waals surface area contributed by atoms with Crippen LogP contribution in [-0.4, -0.2) is 0 Å². The molecule has 13 aromatic carbocycles. The van der Waals surface area contributed by atoms with Gasteiger partial charge in [-0.05, 0) is 162 Å². The molecule has 0 N–H and O–H groups in total. The number of hydrogen-bond donors (Lipinski definition) is 0. The van der Waals surface area contributed by atoms with Gasteiger partial charge in [0.1, 0.15) is 11.2 Å². The Balaban J connectivity index is 0.934. The molecule has 0 unspecified atom stereocenters. The Bertz CT molecular complexity index is 4500. The van der Waals surface area contributed by atoms with Crippen molar-refractivity contribution in [1.29, 1.82) is 0 Å². The van der Waals surface area contributed by atoms with Gasteiger partial charge in [0, 0.05) is 10.8 Å². The van der Waals surface area contributed by atoms with Crippen molar-refractivity contribution in [3.8, 4) is 55.6 Å². The highest BCUT2D eigenvalue weighted by Gasteiger charge is 2.53. The first-order valence-corrected chi connectivity index (χ1v) is 24.4. The smallest absolute Gasteiger partial charge is 0.135 e. The molecular weight excluding hydrogens is 845 g/mol. The lowest BCUT2D eigenvalue weighted by atomic mass is 9.69. The molecule has 1 heterocycles. The van der Waals surface area contributed by atoms with Crippen molar-refractivity contribution in [3.05, 3.63) is 265 Å². The van der Waals surface area contributed by atoms with Crippen LogP contribution in [0.25, 0.3) is 131 Å². The lowest BCUT2D eigenvalue weighted by Gasteiger charge is -2.32. The van der Waals surface area contributed by atoms with Gasteiger partial charge in [0.2, 0.25) is 0 Å². The lowest BCUT2D eigenvalue weighted by Crippen LogP contribution is -2.26.